The number of carbonyl (C=O) groups is 3. The number of carboxylic acid groups (broad SMARTS) is 1. The summed E-state index contributed by atoms with van der Waals surface area (Å²) in [6.45, 7) is 4.74. The van der Waals surface area contributed by atoms with Gasteiger partial charge in [0.05, 0.1) is 34.4 Å². The Morgan fingerprint density at radius 3 is 1.35 bits per heavy atom. The number of allylic oxidation sites excluding steroid dienone is 2. The van der Waals surface area contributed by atoms with Crippen LogP contribution in [0.25, 0.3) is 0 Å². The van der Waals surface area contributed by atoms with Crippen LogP contribution in [0.4, 0.5) is 0 Å². The van der Waals surface area contributed by atoms with Crippen molar-refractivity contribution in [1.82, 2.24) is 0 Å². The fourth-order valence-electron chi connectivity index (χ4n) is 6.85. The fourth-order valence-corrected chi connectivity index (χ4v) is 6.85. The lowest BCUT2D eigenvalue weighted by atomic mass is 10.0. The van der Waals surface area contributed by atoms with E-state index in [2.05, 4.69) is 26.0 Å². The van der Waals surface area contributed by atoms with Crippen molar-refractivity contribution in [3.63, 3.8) is 0 Å². The molecule has 0 rings (SSSR count). The van der Waals surface area contributed by atoms with Gasteiger partial charge in [-0.3, -0.25) is 9.59 Å². The third kappa shape index (κ3) is 35.8. The van der Waals surface area contributed by atoms with E-state index in [4.69, 9.17) is 14.2 Å². The summed E-state index contributed by atoms with van der Waals surface area (Å²) in [7, 11) is 5.53. The summed E-state index contributed by atoms with van der Waals surface area (Å²) in [6.07, 6.45) is 39.6. The van der Waals surface area contributed by atoms with Gasteiger partial charge in [0, 0.05) is 19.3 Å². The van der Waals surface area contributed by atoms with E-state index in [1.165, 1.54) is 128 Å². The van der Waals surface area contributed by atoms with Gasteiger partial charge in [-0.2, -0.15) is 0 Å². The number of hydrogen-bond donors (Lipinski definition) is 1. The Morgan fingerprint density at radius 1 is 0.537 bits per heavy atom. The molecule has 0 saturated carbocycles. The number of esters is 2. The summed E-state index contributed by atoms with van der Waals surface area (Å²) < 4.78 is 17.3. The number of nitrogens with zero attached hydrogens (tertiary/aromatic N) is 1. The molecule has 0 aliphatic heterocycles. The van der Waals surface area contributed by atoms with Gasteiger partial charge in [0.2, 0.25) is 0 Å². The average molecular weight is 767 g/mol. The maximum absolute atomic E-state index is 12.7. The molecule has 1 N–H and O–H groups in total. The van der Waals surface area contributed by atoms with E-state index in [1.807, 2.05) is 21.1 Å². The average Bonchev–Trinajstić information content (AvgIpc) is 3.12. The Hall–Kier alpha value is -1.93. The largest absolute Gasteiger partial charge is 0.477 e. The zero-order chi connectivity index (χ0) is 40.0. The van der Waals surface area contributed by atoms with Gasteiger partial charge in [0.1, 0.15) is 6.61 Å². The van der Waals surface area contributed by atoms with Crippen LogP contribution in [0, 0.1) is 0 Å². The maximum atomic E-state index is 12.7. The summed E-state index contributed by atoms with van der Waals surface area (Å²) >= 11 is 0. The van der Waals surface area contributed by atoms with E-state index < -0.39 is 18.1 Å². The van der Waals surface area contributed by atoms with Crippen LogP contribution in [-0.2, 0) is 28.6 Å². The molecule has 0 aliphatic rings. The summed E-state index contributed by atoms with van der Waals surface area (Å²) in [5, 5.41) is 9.62. The topological polar surface area (TPSA) is 99.1 Å². The minimum atomic E-state index is -0.874. The van der Waals surface area contributed by atoms with Crippen molar-refractivity contribution in [1.29, 1.82) is 0 Å². The molecule has 2 atom stereocenters. The Balaban J connectivity index is 4.31. The van der Waals surface area contributed by atoms with Crippen LogP contribution in [0.2, 0.25) is 0 Å². The first kappa shape index (κ1) is 52.1. The van der Waals surface area contributed by atoms with Gasteiger partial charge in [-0.1, -0.05) is 167 Å². The van der Waals surface area contributed by atoms with E-state index in [0.717, 1.165) is 51.4 Å². The molecule has 0 aliphatic carbocycles. The quantitative estimate of drug-likeness (QED) is 0.0286. The number of unbranched alkanes of at least 4 members (excludes halogenated alkanes) is 25. The Labute approximate surface area is 333 Å². The van der Waals surface area contributed by atoms with Crippen molar-refractivity contribution >= 4 is 17.9 Å². The smallest absolute Gasteiger partial charge is 0.362 e. The second-order valence-corrected chi connectivity index (χ2v) is 16.7. The standard InChI is InChI=1S/C46H87NO7/c1-6-8-10-12-14-16-18-20-21-22-23-25-27-29-31-33-35-37-45(49)54-42(40-52-39-38-43(46(50)51)47(3,4)5)41-53-44(48)36-34-32-30-28-26-24-19-17-15-13-11-9-7-2/h24,26,42-43H,6-23,25,27-41H2,1-5H3/p+1/b26-24+. The second-order valence-electron chi connectivity index (χ2n) is 16.7. The number of ether oxygens (including phenoxy) is 3. The molecular formula is C46H88NO7+. The van der Waals surface area contributed by atoms with Gasteiger partial charge in [-0.25, -0.2) is 4.79 Å². The van der Waals surface area contributed by atoms with E-state index in [9.17, 15) is 19.5 Å². The molecule has 0 bridgehead atoms. The molecule has 0 amide bonds. The molecule has 8 nitrogen and oxygen atoms in total. The Bertz CT molecular complexity index is 900. The van der Waals surface area contributed by atoms with Crippen molar-refractivity contribution in [2.45, 2.75) is 225 Å². The highest BCUT2D eigenvalue weighted by molar-refractivity contribution is 5.72. The molecule has 8 heteroatoms. The third-order valence-electron chi connectivity index (χ3n) is 10.4. The SMILES string of the molecule is CCCCCCCC/C=C/CCCCCC(=O)OCC(COCCC(C(=O)O)[N+](C)(C)C)OC(=O)CCCCCCCCCCCCCCCCCCC. The van der Waals surface area contributed by atoms with E-state index in [-0.39, 0.29) is 36.2 Å². The number of likely N-dealkylation sites (N-methyl/N-ethyl adjacent to an activating group) is 1. The molecule has 318 valence electrons. The van der Waals surface area contributed by atoms with Crippen LogP contribution < -0.4 is 0 Å². The third-order valence-corrected chi connectivity index (χ3v) is 10.4. The first-order chi connectivity index (χ1) is 26.1. The normalized spacial score (nSPS) is 13.0. The number of aliphatic carboxylic acids is 1. The lowest BCUT2D eigenvalue weighted by Gasteiger charge is -2.31. The van der Waals surface area contributed by atoms with Crippen LogP contribution in [0.3, 0.4) is 0 Å². The van der Waals surface area contributed by atoms with Crippen molar-refractivity contribution in [2.75, 3.05) is 41.0 Å². The molecule has 0 aromatic rings. The summed E-state index contributed by atoms with van der Waals surface area (Å²) in [6, 6.07) is -0.612. The summed E-state index contributed by atoms with van der Waals surface area (Å²) in [5.74, 6) is -1.47. The monoisotopic (exact) mass is 767 g/mol. The highest BCUT2D eigenvalue weighted by atomic mass is 16.6. The molecule has 0 aromatic heterocycles. The molecular weight excluding hydrogens is 679 g/mol. The van der Waals surface area contributed by atoms with E-state index >= 15 is 0 Å². The van der Waals surface area contributed by atoms with Crippen molar-refractivity contribution < 1.29 is 38.2 Å². The molecule has 0 aromatic carbocycles. The molecule has 0 saturated heterocycles. The lowest BCUT2D eigenvalue weighted by Crippen LogP contribution is -2.50. The van der Waals surface area contributed by atoms with Crippen LogP contribution in [0.1, 0.15) is 213 Å². The summed E-state index contributed by atoms with van der Waals surface area (Å²) in [5.41, 5.74) is 0. The van der Waals surface area contributed by atoms with Gasteiger partial charge in [0.15, 0.2) is 12.1 Å². The van der Waals surface area contributed by atoms with Gasteiger partial charge in [-0.05, 0) is 38.5 Å². The lowest BCUT2D eigenvalue weighted by molar-refractivity contribution is -0.887. The number of rotatable bonds is 41. The molecule has 0 spiro atoms. The van der Waals surface area contributed by atoms with Crippen LogP contribution in [0.15, 0.2) is 12.2 Å². The zero-order valence-corrected chi connectivity index (χ0v) is 36.2. The van der Waals surface area contributed by atoms with E-state index in [0.29, 0.717) is 19.3 Å². The van der Waals surface area contributed by atoms with Gasteiger partial charge in [0.25, 0.3) is 0 Å². The molecule has 2 unspecified atom stereocenters. The fraction of sp³-hybridized carbons (Fsp3) is 0.891. The van der Waals surface area contributed by atoms with Gasteiger partial charge >= 0.3 is 17.9 Å². The molecule has 0 radical (unpaired) electrons. The number of carboxylic acids is 1. The van der Waals surface area contributed by atoms with Gasteiger partial charge in [-0.15, -0.1) is 0 Å². The van der Waals surface area contributed by atoms with Crippen molar-refractivity contribution in [3.8, 4) is 0 Å². The minimum absolute atomic E-state index is 0.0531. The zero-order valence-electron chi connectivity index (χ0n) is 36.2. The van der Waals surface area contributed by atoms with E-state index in [1.54, 1.807) is 0 Å². The molecule has 0 heterocycles. The van der Waals surface area contributed by atoms with Gasteiger partial charge < -0.3 is 23.8 Å². The first-order valence-corrected chi connectivity index (χ1v) is 22.7. The van der Waals surface area contributed by atoms with Crippen molar-refractivity contribution in [2.24, 2.45) is 0 Å². The first-order valence-electron chi connectivity index (χ1n) is 22.7. The number of carbonyl (C=O) groups excluding carboxylic acids is 2. The Kier molecular flexibility index (Phi) is 36.6. The number of hydrogen-bond acceptors (Lipinski definition) is 6. The predicted octanol–water partition coefficient (Wildman–Crippen LogP) is 12.3. The van der Waals surface area contributed by atoms with Crippen molar-refractivity contribution in [3.05, 3.63) is 12.2 Å². The minimum Gasteiger partial charge on any atom is -0.477 e. The number of quaternary nitrogens is 1. The van der Waals surface area contributed by atoms with Crippen LogP contribution in [-0.4, -0.2) is 80.6 Å². The highest BCUT2D eigenvalue weighted by Crippen LogP contribution is 2.16. The molecule has 0 fully saturated rings. The molecule has 54 heavy (non-hydrogen) atoms. The highest BCUT2D eigenvalue weighted by Gasteiger charge is 2.31. The maximum Gasteiger partial charge on any atom is 0.362 e. The second kappa shape index (κ2) is 38.0. The predicted molar refractivity (Wildman–Crippen MR) is 225 cm³/mol. The van der Waals surface area contributed by atoms with Crippen LogP contribution in [0.5, 0.6) is 0 Å². The van der Waals surface area contributed by atoms with Crippen LogP contribution >= 0.6 is 0 Å². The Morgan fingerprint density at radius 2 is 0.926 bits per heavy atom. The summed E-state index contributed by atoms with van der Waals surface area (Å²) in [4.78, 5) is 37.0.